The van der Waals surface area contributed by atoms with Gasteiger partial charge in [0.1, 0.15) is 0 Å². The van der Waals surface area contributed by atoms with Crippen LogP contribution >= 0.6 is 0 Å². The molecule has 2 aromatic rings. The molecule has 0 bridgehead atoms. The first-order valence-corrected chi connectivity index (χ1v) is 10.2. The molecule has 2 aromatic carbocycles. The van der Waals surface area contributed by atoms with E-state index >= 15 is 0 Å². The number of ether oxygens (including phenoxy) is 1. The second kappa shape index (κ2) is 7.94. The molecule has 0 aliphatic heterocycles. The number of rotatable bonds is 7. The van der Waals surface area contributed by atoms with Crippen molar-refractivity contribution < 1.29 is 4.74 Å². The lowest BCUT2D eigenvalue weighted by atomic mass is 9.95. The fraction of sp³-hybridized carbons (Fsp3) is 0.500. The summed E-state index contributed by atoms with van der Waals surface area (Å²) in [6, 6.07) is 13.7. The van der Waals surface area contributed by atoms with Gasteiger partial charge in [-0.1, -0.05) is 36.4 Å². The molecule has 2 heteroatoms. The van der Waals surface area contributed by atoms with E-state index in [1.807, 2.05) is 0 Å². The average molecular weight is 350 g/mol. The van der Waals surface area contributed by atoms with Crippen LogP contribution in [0.2, 0.25) is 0 Å². The monoisotopic (exact) mass is 349 g/mol. The van der Waals surface area contributed by atoms with E-state index in [-0.39, 0.29) is 0 Å². The Morgan fingerprint density at radius 2 is 1.58 bits per heavy atom. The van der Waals surface area contributed by atoms with E-state index < -0.39 is 0 Å². The first-order valence-electron chi connectivity index (χ1n) is 10.2. The van der Waals surface area contributed by atoms with Gasteiger partial charge in [0.2, 0.25) is 0 Å². The molecule has 138 valence electrons. The minimum absolute atomic E-state index is 0.474. The van der Waals surface area contributed by atoms with Crippen molar-refractivity contribution in [2.24, 2.45) is 0 Å². The van der Waals surface area contributed by atoms with E-state index in [2.05, 4.69) is 55.1 Å². The first kappa shape index (κ1) is 17.8. The Morgan fingerprint density at radius 3 is 2.19 bits per heavy atom. The smallest absolute Gasteiger partial charge is 0.0999 e. The van der Waals surface area contributed by atoms with Gasteiger partial charge in [-0.2, -0.15) is 0 Å². The van der Waals surface area contributed by atoms with Gasteiger partial charge in [0, 0.05) is 12.6 Å². The number of benzene rings is 2. The second-order valence-electron chi connectivity index (χ2n) is 8.14. The predicted molar refractivity (Wildman–Crippen MR) is 107 cm³/mol. The minimum atomic E-state index is 0.474. The van der Waals surface area contributed by atoms with E-state index in [1.165, 1.54) is 49.7 Å². The highest BCUT2D eigenvalue weighted by molar-refractivity contribution is 5.49. The van der Waals surface area contributed by atoms with Crippen LogP contribution in [0.15, 0.2) is 36.4 Å². The van der Waals surface area contributed by atoms with Gasteiger partial charge in [-0.25, -0.2) is 0 Å². The summed E-state index contributed by atoms with van der Waals surface area (Å²) in [6.07, 6.45) is 7.66. The van der Waals surface area contributed by atoms with Crippen LogP contribution in [0.4, 0.5) is 0 Å². The average Bonchev–Trinajstić information content (AvgIpc) is 3.29. The fourth-order valence-corrected chi connectivity index (χ4v) is 4.57. The van der Waals surface area contributed by atoms with Crippen LogP contribution in [0.5, 0.6) is 0 Å². The summed E-state index contributed by atoms with van der Waals surface area (Å²) in [5.74, 6) is 0. The van der Waals surface area contributed by atoms with Crippen molar-refractivity contribution >= 4 is 0 Å². The summed E-state index contributed by atoms with van der Waals surface area (Å²) in [5, 5.41) is 0. The van der Waals surface area contributed by atoms with Gasteiger partial charge < -0.3 is 4.74 Å². The Kier molecular flexibility index (Phi) is 5.42. The molecule has 0 N–H and O–H groups in total. The van der Waals surface area contributed by atoms with Crippen molar-refractivity contribution in [2.75, 3.05) is 6.73 Å². The number of hydrogen-bond donors (Lipinski definition) is 0. The van der Waals surface area contributed by atoms with E-state index in [0.717, 1.165) is 13.2 Å². The molecule has 4 rings (SSSR count). The highest BCUT2D eigenvalue weighted by Crippen LogP contribution is 2.35. The van der Waals surface area contributed by atoms with Crippen molar-refractivity contribution in [3.63, 3.8) is 0 Å². The molecule has 26 heavy (non-hydrogen) atoms. The Hall–Kier alpha value is -1.64. The normalized spacial score (nSPS) is 15.7. The molecule has 0 heterocycles. The maximum Gasteiger partial charge on any atom is 0.0999 e. The second-order valence-corrected chi connectivity index (χ2v) is 8.14. The van der Waals surface area contributed by atoms with Crippen LogP contribution in [0, 0.1) is 0 Å². The summed E-state index contributed by atoms with van der Waals surface area (Å²) < 4.78 is 6.29. The molecule has 0 atom stereocenters. The van der Waals surface area contributed by atoms with E-state index in [9.17, 15) is 0 Å². The Labute approximate surface area is 158 Å². The van der Waals surface area contributed by atoms with Crippen LogP contribution in [0.3, 0.4) is 0 Å². The number of hydrogen-bond acceptors (Lipinski definition) is 2. The fourth-order valence-electron chi connectivity index (χ4n) is 4.57. The lowest BCUT2D eigenvalue weighted by Gasteiger charge is -2.27. The molecular formula is C24H31NO. The maximum atomic E-state index is 6.29. The highest BCUT2D eigenvalue weighted by atomic mass is 16.5. The molecule has 0 aromatic heterocycles. The molecule has 2 aliphatic carbocycles. The number of nitrogens with zero attached hydrogens (tertiary/aromatic N) is 1. The third-order valence-electron chi connectivity index (χ3n) is 6.06. The van der Waals surface area contributed by atoms with Crippen LogP contribution < -0.4 is 0 Å². The van der Waals surface area contributed by atoms with Crippen molar-refractivity contribution in [2.45, 2.75) is 71.6 Å². The van der Waals surface area contributed by atoms with Crippen LogP contribution in [-0.2, 0) is 43.6 Å². The number of fused-ring (bicyclic) bond motifs is 2. The van der Waals surface area contributed by atoms with Crippen LogP contribution in [0.25, 0.3) is 0 Å². The highest BCUT2D eigenvalue weighted by Gasteiger charge is 2.24. The van der Waals surface area contributed by atoms with Crippen LogP contribution in [-0.4, -0.2) is 17.7 Å². The van der Waals surface area contributed by atoms with Crippen LogP contribution in [0.1, 0.15) is 60.1 Å². The van der Waals surface area contributed by atoms with E-state index in [0.29, 0.717) is 12.8 Å². The third-order valence-corrected chi connectivity index (χ3v) is 6.06. The molecular weight excluding hydrogens is 318 g/mol. The summed E-state index contributed by atoms with van der Waals surface area (Å²) in [4.78, 5) is 2.42. The van der Waals surface area contributed by atoms with Gasteiger partial charge in [0.15, 0.2) is 0 Å². The van der Waals surface area contributed by atoms with E-state index in [1.54, 1.807) is 22.3 Å². The zero-order valence-corrected chi connectivity index (χ0v) is 16.3. The molecule has 0 unspecified atom stereocenters. The Morgan fingerprint density at radius 1 is 0.923 bits per heavy atom. The van der Waals surface area contributed by atoms with Gasteiger partial charge in [0.25, 0.3) is 0 Å². The van der Waals surface area contributed by atoms with Gasteiger partial charge in [-0.3, -0.25) is 4.90 Å². The Bertz CT molecular complexity index is 718. The van der Waals surface area contributed by atoms with Crippen molar-refractivity contribution in [3.05, 3.63) is 69.8 Å². The van der Waals surface area contributed by atoms with Gasteiger partial charge in [-0.05, 0) is 85.8 Å². The maximum absolute atomic E-state index is 6.29. The quantitative estimate of drug-likeness (QED) is 0.649. The van der Waals surface area contributed by atoms with Crippen molar-refractivity contribution in [1.82, 2.24) is 4.90 Å². The summed E-state index contributed by atoms with van der Waals surface area (Å²) in [6.45, 7) is 6.94. The SMILES string of the molecule is CC(C)N(COCc1c2c(cc3c1CCC3)CCC2)Cc1ccccc1. The molecule has 0 radical (unpaired) electrons. The third kappa shape index (κ3) is 3.72. The molecule has 2 aliphatic rings. The van der Waals surface area contributed by atoms with Gasteiger partial charge in [0.05, 0.1) is 13.3 Å². The van der Waals surface area contributed by atoms with Crippen molar-refractivity contribution in [3.8, 4) is 0 Å². The minimum Gasteiger partial charge on any atom is -0.361 e. The predicted octanol–water partition coefficient (Wildman–Crippen LogP) is 5.05. The summed E-state index contributed by atoms with van der Waals surface area (Å²) in [7, 11) is 0. The summed E-state index contributed by atoms with van der Waals surface area (Å²) >= 11 is 0. The van der Waals surface area contributed by atoms with Gasteiger partial charge in [-0.15, -0.1) is 0 Å². The largest absolute Gasteiger partial charge is 0.361 e. The first-order chi connectivity index (χ1) is 12.7. The zero-order chi connectivity index (χ0) is 17.9. The molecule has 0 saturated heterocycles. The Balaban J connectivity index is 1.44. The standard InChI is InChI=1S/C24H31NO/c1-18(2)25(15-19-8-4-3-5-9-19)17-26-16-24-22-12-6-10-20(22)14-21-11-7-13-23(21)24/h3-5,8-9,14,18H,6-7,10-13,15-17H2,1-2H3. The van der Waals surface area contributed by atoms with E-state index in [4.69, 9.17) is 4.74 Å². The molecule has 0 amide bonds. The molecule has 0 saturated carbocycles. The summed E-state index contributed by atoms with van der Waals surface area (Å²) in [5.41, 5.74) is 9.33. The lowest BCUT2D eigenvalue weighted by molar-refractivity contribution is -0.00213. The lowest BCUT2D eigenvalue weighted by Crippen LogP contribution is -2.32. The van der Waals surface area contributed by atoms with Gasteiger partial charge >= 0.3 is 0 Å². The zero-order valence-electron chi connectivity index (χ0n) is 16.3. The molecule has 2 nitrogen and oxygen atoms in total. The molecule has 0 spiro atoms. The molecule has 0 fully saturated rings. The number of aryl methyl sites for hydroxylation is 2. The van der Waals surface area contributed by atoms with Crippen molar-refractivity contribution in [1.29, 1.82) is 0 Å². The topological polar surface area (TPSA) is 12.5 Å².